The third kappa shape index (κ3) is 1.55. The van der Waals surface area contributed by atoms with Gasteiger partial charge in [0, 0.05) is 5.41 Å². The van der Waals surface area contributed by atoms with Crippen LogP contribution in [0.2, 0.25) is 0 Å². The summed E-state index contributed by atoms with van der Waals surface area (Å²) in [5.41, 5.74) is 0.993. The molecule has 1 saturated carbocycles. The molecule has 1 aromatic rings. The number of rotatable bonds is 2. The summed E-state index contributed by atoms with van der Waals surface area (Å²) in [5.74, 6) is -0.208. The monoisotopic (exact) mass is 194 g/mol. The van der Waals surface area contributed by atoms with E-state index in [-0.39, 0.29) is 17.8 Å². The van der Waals surface area contributed by atoms with E-state index in [1.54, 1.807) is 12.1 Å². The van der Waals surface area contributed by atoms with Crippen LogP contribution >= 0.6 is 0 Å². The zero-order valence-electron chi connectivity index (χ0n) is 8.17. The Hall–Kier alpha value is -0.890. The van der Waals surface area contributed by atoms with Gasteiger partial charge in [0.15, 0.2) is 0 Å². The molecule has 0 amide bonds. The van der Waals surface area contributed by atoms with Crippen LogP contribution in [-0.2, 0) is 5.41 Å². The van der Waals surface area contributed by atoms with Crippen LogP contribution in [-0.4, -0.2) is 11.7 Å². The van der Waals surface area contributed by atoms with Crippen LogP contribution in [0.25, 0.3) is 0 Å². The van der Waals surface area contributed by atoms with Gasteiger partial charge in [-0.05, 0) is 30.5 Å². The second kappa shape index (κ2) is 3.70. The Morgan fingerprint density at radius 1 is 1.14 bits per heavy atom. The lowest BCUT2D eigenvalue weighted by molar-refractivity contribution is 0.196. The van der Waals surface area contributed by atoms with E-state index < -0.39 is 0 Å². The third-order valence-corrected chi connectivity index (χ3v) is 3.32. The van der Waals surface area contributed by atoms with Crippen molar-refractivity contribution in [2.45, 2.75) is 31.1 Å². The highest BCUT2D eigenvalue weighted by Gasteiger charge is 2.34. The topological polar surface area (TPSA) is 20.2 Å². The Balaban J connectivity index is 2.31. The van der Waals surface area contributed by atoms with Crippen molar-refractivity contribution in [3.8, 4) is 0 Å². The molecule has 14 heavy (non-hydrogen) atoms. The maximum atomic E-state index is 12.7. The number of aliphatic hydroxyl groups excluding tert-OH is 1. The van der Waals surface area contributed by atoms with Crippen LogP contribution in [0, 0.1) is 5.82 Å². The molecule has 0 unspecified atom stereocenters. The lowest BCUT2D eigenvalue weighted by Crippen LogP contribution is -2.26. The van der Waals surface area contributed by atoms with Crippen molar-refractivity contribution < 1.29 is 9.50 Å². The third-order valence-electron chi connectivity index (χ3n) is 3.32. The first kappa shape index (κ1) is 9.66. The van der Waals surface area contributed by atoms with Crippen LogP contribution in [0.4, 0.5) is 4.39 Å². The zero-order valence-corrected chi connectivity index (χ0v) is 8.17. The molecule has 1 aromatic carbocycles. The van der Waals surface area contributed by atoms with Crippen LogP contribution < -0.4 is 0 Å². The van der Waals surface area contributed by atoms with E-state index in [4.69, 9.17) is 0 Å². The van der Waals surface area contributed by atoms with Gasteiger partial charge < -0.3 is 5.11 Å². The van der Waals surface area contributed by atoms with Crippen molar-refractivity contribution in [1.82, 2.24) is 0 Å². The molecule has 0 aromatic heterocycles. The fraction of sp³-hybridized carbons (Fsp3) is 0.500. The van der Waals surface area contributed by atoms with Crippen molar-refractivity contribution in [2.75, 3.05) is 6.61 Å². The van der Waals surface area contributed by atoms with Gasteiger partial charge in [-0.2, -0.15) is 0 Å². The predicted molar refractivity (Wildman–Crippen MR) is 53.6 cm³/mol. The smallest absolute Gasteiger partial charge is 0.123 e. The average Bonchev–Trinajstić information content (AvgIpc) is 2.68. The number of benzene rings is 1. The van der Waals surface area contributed by atoms with Crippen LogP contribution in [0.5, 0.6) is 0 Å². The van der Waals surface area contributed by atoms with Gasteiger partial charge in [-0.25, -0.2) is 4.39 Å². The lowest BCUT2D eigenvalue weighted by atomic mass is 9.80. The maximum Gasteiger partial charge on any atom is 0.123 e. The number of aliphatic hydroxyl groups is 1. The van der Waals surface area contributed by atoms with Gasteiger partial charge in [0.1, 0.15) is 5.82 Å². The fourth-order valence-electron chi connectivity index (χ4n) is 2.39. The molecule has 1 fully saturated rings. The minimum Gasteiger partial charge on any atom is -0.395 e. The van der Waals surface area contributed by atoms with Gasteiger partial charge in [-0.15, -0.1) is 0 Å². The molecule has 0 atom stereocenters. The lowest BCUT2D eigenvalue weighted by Gasteiger charge is -2.26. The quantitative estimate of drug-likeness (QED) is 0.767. The maximum absolute atomic E-state index is 12.7. The first-order valence-corrected chi connectivity index (χ1v) is 5.14. The summed E-state index contributed by atoms with van der Waals surface area (Å²) in [6, 6.07) is 6.56. The normalized spacial score (nSPS) is 19.9. The Morgan fingerprint density at radius 3 is 2.21 bits per heavy atom. The van der Waals surface area contributed by atoms with Crippen molar-refractivity contribution in [3.63, 3.8) is 0 Å². The van der Waals surface area contributed by atoms with Gasteiger partial charge in [0.2, 0.25) is 0 Å². The first-order chi connectivity index (χ1) is 6.77. The molecule has 0 bridgehead atoms. The molecule has 1 aliphatic carbocycles. The average molecular weight is 194 g/mol. The standard InChI is InChI=1S/C12H15FO/c13-11-5-3-10(4-6-11)12(9-14)7-1-2-8-12/h3-6,14H,1-2,7-9H2. The molecule has 1 nitrogen and oxygen atoms in total. The Labute approximate surface area is 83.6 Å². The Kier molecular flexibility index (Phi) is 2.55. The van der Waals surface area contributed by atoms with E-state index >= 15 is 0 Å². The van der Waals surface area contributed by atoms with Crippen molar-refractivity contribution in [2.24, 2.45) is 0 Å². The van der Waals surface area contributed by atoms with Crippen LogP contribution in [0.1, 0.15) is 31.2 Å². The number of hydrogen-bond donors (Lipinski definition) is 1. The van der Waals surface area contributed by atoms with E-state index in [1.165, 1.54) is 12.1 Å². The highest BCUT2D eigenvalue weighted by atomic mass is 19.1. The molecular formula is C12H15FO. The molecule has 0 saturated heterocycles. The first-order valence-electron chi connectivity index (χ1n) is 5.14. The predicted octanol–water partition coefficient (Wildman–Crippen LogP) is 2.63. The molecule has 1 N–H and O–H groups in total. The summed E-state index contributed by atoms with van der Waals surface area (Å²) >= 11 is 0. The summed E-state index contributed by atoms with van der Waals surface area (Å²) < 4.78 is 12.7. The second-order valence-corrected chi connectivity index (χ2v) is 4.15. The van der Waals surface area contributed by atoms with Gasteiger partial charge in [-0.3, -0.25) is 0 Å². The van der Waals surface area contributed by atoms with Gasteiger partial charge in [-0.1, -0.05) is 25.0 Å². The molecule has 76 valence electrons. The molecule has 0 heterocycles. The van der Waals surface area contributed by atoms with Crippen LogP contribution in [0.3, 0.4) is 0 Å². The fourth-order valence-corrected chi connectivity index (χ4v) is 2.39. The Bertz CT molecular complexity index is 299. The molecule has 1 aliphatic rings. The number of hydrogen-bond acceptors (Lipinski definition) is 1. The minimum atomic E-state index is -0.208. The highest BCUT2D eigenvalue weighted by molar-refractivity contribution is 5.27. The molecule has 0 aliphatic heterocycles. The van der Waals surface area contributed by atoms with Gasteiger partial charge >= 0.3 is 0 Å². The summed E-state index contributed by atoms with van der Waals surface area (Å²) in [5, 5.41) is 9.45. The van der Waals surface area contributed by atoms with Crippen molar-refractivity contribution >= 4 is 0 Å². The van der Waals surface area contributed by atoms with E-state index in [2.05, 4.69) is 0 Å². The Morgan fingerprint density at radius 2 is 1.71 bits per heavy atom. The highest BCUT2D eigenvalue weighted by Crippen LogP contribution is 2.40. The van der Waals surface area contributed by atoms with E-state index in [0.717, 1.165) is 31.2 Å². The van der Waals surface area contributed by atoms with Crippen molar-refractivity contribution in [1.29, 1.82) is 0 Å². The van der Waals surface area contributed by atoms with Gasteiger partial charge in [0.05, 0.1) is 6.61 Å². The molecule has 0 radical (unpaired) electrons. The van der Waals surface area contributed by atoms with E-state index in [0.29, 0.717) is 0 Å². The van der Waals surface area contributed by atoms with E-state index in [1.807, 2.05) is 0 Å². The molecular weight excluding hydrogens is 179 g/mol. The molecule has 2 heteroatoms. The van der Waals surface area contributed by atoms with Gasteiger partial charge in [0.25, 0.3) is 0 Å². The van der Waals surface area contributed by atoms with Crippen molar-refractivity contribution in [3.05, 3.63) is 35.6 Å². The molecule has 0 spiro atoms. The minimum absolute atomic E-state index is 0.0896. The largest absolute Gasteiger partial charge is 0.395 e. The number of halogens is 1. The summed E-state index contributed by atoms with van der Waals surface area (Å²) in [6.07, 6.45) is 4.38. The van der Waals surface area contributed by atoms with E-state index in [9.17, 15) is 9.50 Å². The summed E-state index contributed by atoms with van der Waals surface area (Å²) in [7, 11) is 0. The summed E-state index contributed by atoms with van der Waals surface area (Å²) in [6.45, 7) is 0.179. The van der Waals surface area contributed by atoms with Crippen LogP contribution in [0.15, 0.2) is 24.3 Å². The molecule has 2 rings (SSSR count). The second-order valence-electron chi connectivity index (χ2n) is 4.15. The zero-order chi connectivity index (χ0) is 10.0. The summed E-state index contributed by atoms with van der Waals surface area (Å²) in [4.78, 5) is 0. The SMILES string of the molecule is OCC1(c2ccc(F)cc2)CCCC1.